The summed E-state index contributed by atoms with van der Waals surface area (Å²) >= 11 is 6.10. The molecule has 2 aromatic heterocycles. The number of rotatable bonds is 4. The van der Waals surface area contributed by atoms with E-state index in [-0.39, 0.29) is 6.04 Å². The molecule has 1 saturated heterocycles. The number of halogens is 1. The molecule has 0 spiro atoms. The minimum absolute atomic E-state index is 0.0990. The lowest BCUT2D eigenvalue weighted by molar-refractivity contribution is -0.0156. The fraction of sp³-hybridized carbons (Fsp3) is 0.263. The van der Waals surface area contributed by atoms with Gasteiger partial charge in [-0.1, -0.05) is 29.8 Å². The molecule has 1 aliphatic rings. The minimum atomic E-state index is 0.0990. The Kier molecular flexibility index (Phi) is 4.78. The summed E-state index contributed by atoms with van der Waals surface area (Å²) < 4.78 is 5.70. The van der Waals surface area contributed by atoms with Crippen LogP contribution in [0.5, 0.6) is 0 Å². The van der Waals surface area contributed by atoms with Crippen LogP contribution in [0.25, 0.3) is 11.3 Å². The lowest BCUT2D eigenvalue weighted by Crippen LogP contribution is -2.39. The van der Waals surface area contributed by atoms with Gasteiger partial charge in [0.25, 0.3) is 0 Å². The summed E-state index contributed by atoms with van der Waals surface area (Å²) in [5.74, 6) is 0.915. The Hall–Kier alpha value is -2.21. The first-order valence-electron chi connectivity index (χ1n) is 8.31. The van der Waals surface area contributed by atoms with Gasteiger partial charge < -0.3 is 9.72 Å². The van der Waals surface area contributed by atoms with E-state index in [2.05, 4.69) is 25.9 Å². The van der Waals surface area contributed by atoms with Gasteiger partial charge in [-0.25, -0.2) is 4.98 Å². The Balaban J connectivity index is 1.57. The zero-order chi connectivity index (χ0) is 17.1. The highest BCUT2D eigenvalue weighted by molar-refractivity contribution is 6.30. The van der Waals surface area contributed by atoms with Crippen LogP contribution in [0, 0.1) is 0 Å². The molecule has 0 bridgehead atoms. The van der Waals surface area contributed by atoms with Gasteiger partial charge in [-0.3, -0.25) is 9.88 Å². The molecule has 1 fully saturated rings. The summed E-state index contributed by atoms with van der Waals surface area (Å²) in [7, 11) is 0. The maximum Gasteiger partial charge on any atom is 0.126 e. The molecule has 3 heterocycles. The van der Waals surface area contributed by atoms with Gasteiger partial charge in [-0.05, 0) is 23.8 Å². The summed E-state index contributed by atoms with van der Waals surface area (Å²) in [4.78, 5) is 14.6. The smallest absolute Gasteiger partial charge is 0.126 e. The van der Waals surface area contributed by atoms with Crippen molar-refractivity contribution in [2.45, 2.75) is 12.6 Å². The second-order valence-electron chi connectivity index (χ2n) is 6.11. The van der Waals surface area contributed by atoms with Gasteiger partial charge in [-0.2, -0.15) is 0 Å². The molecule has 4 rings (SSSR count). The number of aromatic nitrogens is 3. The molecule has 0 amide bonds. The second-order valence-corrected chi connectivity index (χ2v) is 6.55. The molecule has 0 radical (unpaired) electrons. The molecule has 0 saturated carbocycles. The lowest BCUT2D eigenvalue weighted by Gasteiger charge is -2.34. The number of pyridine rings is 1. The van der Waals surface area contributed by atoms with Gasteiger partial charge in [-0.15, -0.1) is 0 Å². The molecular formula is C19H19ClN4O. The fourth-order valence-electron chi connectivity index (χ4n) is 3.11. The van der Waals surface area contributed by atoms with Crippen LogP contribution in [0.4, 0.5) is 0 Å². The number of aromatic amines is 1. The Bertz CT molecular complexity index is 836. The van der Waals surface area contributed by atoms with E-state index in [0.29, 0.717) is 11.6 Å². The third-order valence-corrected chi connectivity index (χ3v) is 4.63. The first-order valence-corrected chi connectivity index (χ1v) is 8.69. The molecule has 6 heteroatoms. The Morgan fingerprint density at radius 2 is 2.20 bits per heavy atom. The van der Waals surface area contributed by atoms with Gasteiger partial charge in [0.05, 0.1) is 31.1 Å². The Labute approximate surface area is 151 Å². The van der Waals surface area contributed by atoms with Gasteiger partial charge in [0, 0.05) is 36.1 Å². The van der Waals surface area contributed by atoms with Gasteiger partial charge in [0.2, 0.25) is 0 Å². The summed E-state index contributed by atoms with van der Waals surface area (Å²) in [6.07, 6.45) is 5.56. The molecule has 25 heavy (non-hydrogen) atoms. The largest absolute Gasteiger partial charge is 0.378 e. The van der Waals surface area contributed by atoms with E-state index >= 15 is 0 Å². The van der Waals surface area contributed by atoms with Crippen LogP contribution in [0.2, 0.25) is 5.02 Å². The van der Waals surface area contributed by atoms with Crippen molar-refractivity contribution in [1.82, 2.24) is 19.9 Å². The van der Waals surface area contributed by atoms with Crippen molar-refractivity contribution in [1.29, 1.82) is 0 Å². The highest BCUT2D eigenvalue weighted by Crippen LogP contribution is 2.27. The van der Waals surface area contributed by atoms with Crippen LogP contribution < -0.4 is 0 Å². The van der Waals surface area contributed by atoms with Crippen LogP contribution in [-0.2, 0) is 11.3 Å². The van der Waals surface area contributed by atoms with E-state index in [4.69, 9.17) is 16.3 Å². The van der Waals surface area contributed by atoms with Gasteiger partial charge >= 0.3 is 0 Å². The van der Waals surface area contributed by atoms with E-state index in [0.717, 1.165) is 36.8 Å². The molecule has 128 valence electrons. The van der Waals surface area contributed by atoms with Crippen molar-refractivity contribution in [2.75, 3.05) is 19.8 Å². The quantitative estimate of drug-likeness (QED) is 0.776. The fourth-order valence-corrected chi connectivity index (χ4v) is 3.30. The number of morpholine rings is 1. The van der Waals surface area contributed by atoms with E-state index in [1.165, 1.54) is 5.56 Å². The number of ether oxygens (including phenoxy) is 1. The molecule has 0 unspecified atom stereocenters. The normalized spacial score (nSPS) is 18.4. The number of hydrogen-bond acceptors (Lipinski definition) is 4. The van der Waals surface area contributed by atoms with Crippen LogP contribution in [-0.4, -0.2) is 39.6 Å². The number of benzene rings is 1. The van der Waals surface area contributed by atoms with E-state index < -0.39 is 0 Å². The van der Waals surface area contributed by atoms with Crippen LogP contribution in [0.1, 0.15) is 17.4 Å². The number of H-pyrrole nitrogens is 1. The summed E-state index contributed by atoms with van der Waals surface area (Å²) in [5, 5.41) is 0.716. The van der Waals surface area contributed by atoms with Crippen molar-refractivity contribution < 1.29 is 4.74 Å². The van der Waals surface area contributed by atoms with Crippen molar-refractivity contribution in [3.63, 3.8) is 0 Å². The van der Waals surface area contributed by atoms with Crippen molar-refractivity contribution >= 4 is 11.6 Å². The molecule has 1 atom stereocenters. The van der Waals surface area contributed by atoms with Crippen LogP contribution in [0.3, 0.4) is 0 Å². The maximum absolute atomic E-state index is 6.10. The van der Waals surface area contributed by atoms with Crippen molar-refractivity contribution in [3.05, 3.63) is 71.4 Å². The van der Waals surface area contributed by atoms with Gasteiger partial charge in [0.1, 0.15) is 5.82 Å². The first kappa shape index (κ1) is 16.3. The van der Waals surface area contributed by atoms with Crippen molar-refractivity contribution in [3.8, 4) is 11.3 Å². The number of nitrogens with zero attached hydrogens (tertiary/aromatic N) is 3. The topological polar surface area (TPSA) is 54.0 Å². The summed E-state index contributed by atoms with van der Waals surface area (Å²) in [5.41, 5.74) is 3.18. The third-order valence-electron chi connectivity index (χ3n) is 4.39. The molecule has 5 nitrogen and oxygen atoms in total. The van der Waals surface area contributed by atoms with Crippen LogP contribution in [0.15, 0.2) is 55.0 Å². The average Bonchev–Trinajstić information content (AvgIpc) is 3.13. The standard InChI is InChI=1S/C19H19ClN4O/c20-16-5-1-4-15(9-16)17-11-22-19(23-17)18-13-25-8-7-24(18)12-14-3-2-6-21-10-14/h1-6,9-11,18H,7-8,12-13H2,(H,22,23)/t18-/m0/s1. The van der Waals surface area contributed by atoms with E-state index in [9.17, 15) is 0 Å². The number of hydrogen-bond donors (Lipinski definition) is 1. The summed E-state index contributed by atoms with van der Waals surface area (Å²) in [6, 6.07) is 11.9. The molecule has 1 aromatic carbocycles. The number of nitrogens with one attached hydrogen (secondary N) is 1. The Morgan fingerprint density at radius 1 is 1.24 bits per heavy atom. The Morgan fingerprint density at radius 3 is 3.04 bits per heavy atom. The average molecular weight is 355 g/mol. The monoisotopic (exact) mass is 354 g/mol. The molecule has 3 aromatic rings. The molecule has 0 aliphatic carbocycles. The molecular weight excluding hydrogens is 336 g/mol. The zero-order valence-electron chi connectivity index (χ0n) is 13.7. The highest BCUT2D eigenvalue weighted by Gasteiger charge is 2.27. The third kappa shape index (κ3) is 3.74. The summed E-state index contributed by atoms with van der Waals surface area (Å²) in [6.45, 7) is 3.06. The van der Waals surface area contributed by atoms with Crippen LogP contribution >= 0.6 is 11.6 Å². The SMILES string of the molecule is Clc1cccc(-c2cnc([C@@H]3COCCN3Cc3cccnc3)[nH]2)c1. The maximum atomic E-state index is 6.10. The van der Waals surface area contributed by atoms with E-state index in [1.807, 2.05) is 42.7 Å². The number of imidazole rings is 1. The van der Waals surface area contributed by atoms with Crippen molar-refractivity contribution in [2.24, 2.45) is 0 Å². The molecule has 1 N–H and O–H groups in total. The minimum Gasteiger partial charge on any atom is -0.378 e. The first-order chi connectivity index (χ1) is 12.3. The zero-order valence-corrected chi connectivity index (χ0v) is 14.5. The second kappa shape index (κ2) is 7.35. The predicted molar refractivity (Wildman–Crippen MR) is 97.2 cm³/mol. The molecule has 1 aliphatic heterocycles. The highest BCUT2D eigenvalue weighted by atomic mass is 35.5. The lowest BCUT2D eigenvalue weighted by atomic mass is 10.1. The van der Waals surface area contributed by atoms with Gasteiger partial charge in [0.15, 0.2) is 0 Å². The predicted octanol–water partition coefficient (Wildman–Crippen LogP) is 3.70. The van der Waals surface area contributed by atoms with E-state index in [1.54, 1.807) is 6.20 Å².